The zero-order chi connectivity index (χ0) is 26.4. The summed E-state index contributed by atoms with van der Waals surface area (Å²) >= 11 is 0. The number of ether oxygens (including phenoxy) is 1. The zero-order valence-corrected chi connectivity index (χ0v) is 19.7. The van der Waals surface area contributed by atoms with Crippen molar-refractivity contribution in [2.24, 2.45) is 0 Å². The Bertz CT molecular complexity index is 1430. The van der Waals surface area contributed by atoms with E-state index in [0.717, 1.165) is 23.0 Å². The molecule has 0 bridgehead atoms. The fourth-order valence-electron chi connectivity index (χ4n) is 4.10. The van der Waals surface area contributed by atoms with Gasteiger partial charge in [-0.15, -0.1) is 0 Å². The van der Waals surface area contributed by atoms with Gasteiger partial charge in [0.1, 0.15) is 23.3 Å². The Hall–Kier alpha value is -3.92. The van der Waals surface area contributed by atoms with Crippen molar-refractivity contribution in [2.75, 3.05) is 0 Å². The summed E-state index contributed by atoms with van der Waals surface area (Å²) in [6.45, 7) is 1.66. The zero-order valence-electron chi connectivity index (χ0n) is 19.7. The molecule has 1 heterocycles. The first-order valence-corrected chi connectivity index (χ1v) is 11.6. The number of alkyl halides is 3. The van der Waals surface area contributed by atoms with Crippen molar-refractivity contribution in [1.82, 2.24) is 15.1 Å². The molecular formula is C28H27F4N3O3. The van der Waals surface area contributed by atoms with E-state index >= 15 is 0 Å². The quantitative estimate of drug-likeness (QED) is 0.289. The lowest BCUT2D eigenvalue weighted by atomic mass is 10.0. The van der Waals surface area contributed by atoms with E-state index in [2.05, 4.69) is 10.4 Å². The van der Waals surface area contributed by atoms with Gasteiger partial charge in [-0.3, -0.25) is 4.79 Å². The lowest BCUT2D eigenvalue weighted by molar-refractivity contribution is -0.137. The number of carbonyl (C=O) groups excluding carboxylic acids is 1. The maximum absolute atomic E-state index is 13.3. The molecule has 3 aromatic carbocycles. The first-order chi connectivity index (χ1) is 17.5. The molecule has 200 valence electrons. The molecule has 1 fully saturated rings. The molecule has 1 aliphatic rings. The van der Waals surface area contributed by atoms with Gasteiger partial charge in [-0.1, -0.05) is 19.6 Å². The van der Waals surface area contributed by atoms with Crippen molar-refractivity contribution in [1.29, 1.82) is 0 Å². The second kappa shape index (κ2) is 10.1. The molecule has 1 amide bonds. The van der Waals surface area contributed by atoms with Crippen LogP contribution in [0, 0.1) is 5.82 Å². The SMILES string of the molecule is C.C[C@H](NC(=O)C1(O)CC1)[C@H](Oc1ccc2c(cnn2-c2ccc(F)cc2)c1)c1ccc(C(F)(F)F)cc1. The molecule has 0 unspecified atom stereocenters. The van der Waals surface area contributed by atoms with E-state index in [4.69, 9.17) is 4.74 Å². The summed E-state index contributed by atoms with van der Waals surface area (Å²) in [6, 6.07) is 14.9. The highest BCUT2D eigenvalue weighted by molar-refractivity contribution is 5.88. The van der Waals surface area contributed by atoms with Crippen LogP contribution < -0.4 is 10.1 Å². The number of benzene rings is 3. The van der Waals surface area contributed by atoms with E-state index in [0.29, 0.717) is 29.8 Å². The molecule has 0 saturated heterocycles. The number of nitrogens with zero attached hydrogens (tertiary/aromatic N) is 2. The van der Waals surface area contributed by atoms with Crippen LogP contribution in [0.25, 0.3) is 16.6 Å². The summed E-state index contributed by atoms with van der Waals surface area (Å²) in [5, 5.41) is 17.9. The maximum Gasteiger partial charge on any atom is 0.416 e. The number of fused-ring (bicyclic) bond motifs is 1. The van der Waals surface area contributed by atoms with Crippen LogP contribution in [-0.2, 0) is 11.0 Å². The molecule has 6 nitrogen and oxygen atoms in total. The van der Waals surface area contributed by atoms with Crippen molar-refractivity contribution in [3.05, 3.63) is 89.9 Å². The van der Waals surface area contributed by atoms with E-state index in [1.54, 1.807) is 48.1 Å². The number of nitrogens with one attached hydrogen (secondary N) is 1. The molecule has 10 heteroatoms. The highest BCUT2D eigenvalue weighted by Gasteiger charge is 2.48. The first-order valence-electron chi connectivity index (χ1n) is 11.6. The van der Waals surface area contributed by atoms with Gasteiger partial charge in [0, 0.05) is 5.39 Å². The minimum Gasteiger partial charge on any atom is -0.484 e. The average molecular weight is 530 g/mol. The molecule has 0 spiro atoms. The van der Waals surface area contributed by atoms with Crippen LogP contribution in [0.3, 0.4) is 0 Å². The third kappa shape index (κ3) is 5.50. The van der Waals surface area contributed by atoms with Gasteiger partial charge in [0.05, 0.1) is 29.0 Å². The standard InChI is InChI=1S/C27H23F4N3O3.CH4/c1-16(33-25(35)26(36)12-13-26)24(17-2-4-19(5-3-17)27(29,30)31)37-22-10-11-23-18(14-22)15-32-34(23)21-8-6-20(28)7-9-21;/h2-11,14-16,24,36H,12-13H2,1H3,(H,33,35);1H4/t16-,24-;/m0./s1. The highest BCUT2D eigenvalue weighted by Crippen LogP contribution is 2.36. The van der Waals surface area contributed by atoms with Gasteiger partial charge in [0.25, 0.3) is 5.91 Å². The Morgan fingerprint density at radius 3 is 2.34 bits per heavy atom. The lowest BCUT2D eigenvalue weighted by Crippen LogP contribution is -2.45. The average Bonchev–Trinajstić information content (AvgIpc) is 3.49. The Morgan fingerprint density at radius 1 is 1.08 bits per heavy atom. The number of halogens is 4. The smallest absolute Gasteiger partial charge is 0.416 e. The van der Waals surface area contributed by atoms with Crippen molar-refractivity contribution in [3.63, 3.8) is 0 Å². The number of carbonyl (C=O) groups is 1. The van der Waals surface area contributed by atoms with Gasteiger partial charge in [-0.2, -0.15) is 18.3 Å². The summed E-state index contributed by atoms with van der Waals surface area (Å²) < 4.78 is 60.4. The van der Waals surface area contributed by atoms with Gasteiger partial charge in [-0.25, -0.2) is 9.07 Å². The largest absolute Gasteiger partial charge is 0.484 e. The van der Waals surface area contributed by atoms with Gasteiger partial charge in [0.15, 0.2) is 0 Å². The fourth-order valence-corrected chi connectivity index (χ4v) is 4.10. The van der Waals surface area contributed by atoms with Crippen LogP contribution in [0.1, 0.15) is 44.4 Å². The third-order valence-electron chi connectivity index (χ3n) is 6.40. The molecule has 1 aliphatic carbocycles. The molecular weight excluding hydrogens is 502 g/mol. The number of hydrogen-bond donors (Lipinski definition) is 2. The van der Waals surface area contributed by atoms with E-state index in [-0.39, 0.29) is 13.2 Å². The number of hydrogen-bond acceptors (Lipinski definition) is 4. The van der Waals surface area contributed by atoms with Crippen LogP contribution in [0.4, 0.5) is 17.6 Å². The molecule has 5 rings (SSSR count). The number of amides is 1. The van der Waals surface area contributed by atoms with Crippen molar-refractivity contribution >= 4 is 16.8 Å². The maximum atomic E-state index is 13.3. The second-order valence-corrected chi connectivity index (χ2v) is 9.21. The summed E-state index contributed by atoms with van der Waals surface area (Å²) in [7, 11) is 0. The van der Waals surface area contributed by atoms with Crippen molar-refractivity contribution in [2.45, 2.75) is 51.1 Å². The monoisotopic (exact) mass is 529 g/mol. The predicted molar refractivity (Wildman–Crippen MR) is 134 cm³/mol. The summed E-state index contributed by atoms with van der Waals surface area (Å²) in [5.74, 6) is -0.501. The van der Waals surface area contributed by atoms with Gasteiger partial charge in [0.2, 0.25) is 0 Å². The number of aromatic nitrogens is 2. The first kappa shape index (κ1) is 27.1. The Morgan fingerprint density at radius 2 is 1.74 bits per heavy atom. The topological polar surface area (TPSA) is 76.4 Å². The van der Waals surface area contributed by atoms with E-state index < -0.39 is 35.4 Å². The van der Waals surface area contributed by atoms with Crippen LogP contribution >= 0.6 is 0 Å². The van der Waals surface area contributed by atoms with Crippen molar-refractivity contribution in [3.8, 4) is 11.4 Å². The van der Waals surface area contributed by atoms with Gasteiger partial charge >= 0.3 is 6.18 Å². The molecule has 1 saturated carbocycles. The van der Waals surface area contributed by atoms with E-state index in [1.807, 2.05) is 0 Å². The highest BCUT2D eigenvalue weighted by atomic mass is 19.4. The second-order valence-electron chi connectivity index (χ2n) is 9.21. The van der Waals surface area contributed by atoms with E-state index in [1.165, 1.54) is 24.3 Å². The van der Waals surface area contributed by atoms with Gasteiger partial charge in [-0.05, 0) is 79.9 Å². The number of rotatable bonds is 7. The van der Waals surface area contributed by atoms with Crippen LogP contribution in [0.2, 0.25) is 0 Å². The molecule has 0 aliphatic heterocycles. The summed E-state index contributed by atoms with van der Waals surface area (Å²) in [4.78, 5) is 12.4. The minimum absolute atomic E-state index is 0. The molecule has 4 aromatic rings. The Labute approximate surface area is 216 Å². The number of aliphatic hydroxyl groups is 1. The molecule has 1 aromatic heterocycles. The minimum atomic E-state index is -4.49. The Kier molecular flexibility index (Phi) is 7.20. The molecule has 0 radical (unpaired) electrons. The van der Waals surface area contributed by atoms with E-state index in [9.17, 15) is 27.5 Å². The van der Waals surface area contributed by atoms with Crippen LogP contribution in [-0.4, -0.2) is 32.4 Å². The molecule has 2 N–H and O–H groups in total. The Balaban J connectivity index is 0.00000336. The lowest BCUT2D eigenvalue weighted by Gasteiger charge is -2.27. The predicted octanol–water partition coefficient (Wildman–Crippen LogP) is 5.97. The van der Waals surface area contributed by atoms with Crippen LogP contribution in [0.15, 0.2) is 72.9 Å². The summed E-state index contributed by atoms with van der Waals surface area (Å²) in [6.07, 6.45) is -3.01. The summed E-state index contributed by atoms with van der Waals surface area (Å²) in [5.41, 5.74) is -0.379. The van der Waals surface area contributed by atoms with Crippen molar-refractivity contribution < 1.29 is 32.2 Å². The van der Waals surface area contributed by atoms with Crippen LogP contribution in [0.5, 0.6) is 5.75 Å². The normalized spacial score (nSPS) is 15.8. The molecule has 38 heavy (non-hydrogen) atoms. The molecule has 2 atom stereocenters. The third-order valence-corrected chi connectivity index (χ3v) is 6.40. The fraction of sp³-hybridized carbons (Fsp3) is 0.286. The van der Waals surface area contributed by atoms with Gasteiger partial charge < -0.3 is 15.2 Å².